The highest BCUT2D eigenvalue weighted by Gasteiger charge is 2.09. The summed E-state index contributed by atoms with van der Waals surface area (Å²) in [6.07, 6.45) is 0. The molecule has 0 saturated heterocycles. The Kier molecular flexibility index (Phi) is 3.37. The molecule has 19 heavy (non-hydrogen) atoms. The molecule has 4 nitrogen and oxygen atoms in total. The fraction of sp³-hybridized carbons (Fsp3) is 0.0714. The van der Waals surface area contributed by atoms with Gasteiger partial charge in [-0.15, -0.1) is 0 Å². The summed E-state index contributed by atoms with van der Waals surface area (Å²) >= 11 is 0. The molecular formula is C14H14FN3O. The van der Waals surface area contributed by atoms with Crippen LogP contribution in [0.5, 0.6) is 0 Å². The van der Waals surface area contributed by atoms with Crippen LogP contribution < -0.4 is 16.8 Å². The van der Waals surface area contributed by atoms with Gasteiger partial charge in [0, 0.05) is 11.4 Å². The maximum absolute atomic E-state index is 13.3. The number of nitrogens with one attached hydrogen (secondary N) is 1. The summed E-state index contributed by atoms with van der Waals surface area (Å²) in [6.45, 7) is 1.78. The number of carbonyl (C=O) groups excluding carboxylic acids is 1. The standard InChI is InChI=1S/C14H14FN3O/c1-8-4-9(15)6-11(5-8)18-13-3-2-10(16)7-12(13)14(17)19/h2-7,18H,16H2,1H3,(H2,17,19). The SMILES string of the molecule is Cc1cc(F)cc(Nc2ccc(N)cc2C(N)=O)c1. The first-order valence-corrected chi connectivity index (χ1v) is 5.69. The molecule has 0 aliphatic carbocycles. The van der Waals surface area contributed by atoms with Crippen LogP contribution >= 0.6 is 0 Å². The quantitative estimate of drug-likeness (QED) is 0.741. The first kappa shape index (κ1) is 12.9. The van der Waals surface area contributed by atoms with E-state index in [0.717, 1.165) is 5.56 Å². The number of hydrogen-bond donors (Lipinski definition) is 3. The fourth-order valence-corrected chi connectivity index (χ4v) is 1.84. The lowest BCUT2D eigenvalue weighted by atomic mass is 10.1. The monoisotopic (exact) mass is 259 g/mol. The Bertz CT molecular complexity index is 620. The average Bonchev–Trinajstić information content (AvgIpc) is 2.30. The van der Waals surface area contributed by atoms with E-state index in [4.69, 9.17) is 11.5 Å². The normalized spacial score (nSPS) is 10.2. The van der Waals surface area contributed by atoms with Gasteiger partial charge in [-0.1, -0.05) is 0 Å². The first-order chi connectivity index (χ1) is 8.95. The number of nitrogens with two attached hydrogens (primary N) is 2. The Balaban J connectivity index is 2.40. The largest absolute Gasteiger partial charge is 0.399 e. The zero-order valence-electron chi connectivity index (χ0n) is 10.4. The fourth-order valence-electron chi connectivity index (χ4n) is 1.84. The number of carbonyl (C=O) groups is 1. The lowest BCUT2D eigenvalue weighted by Crippen LogP contribution is -2.13. The van der Waals surface area contributed by atoms with Crippen molar-refractivity contribution in [2.24, 2.45) is 5.73 Å². The van der Waals surface area contributed by atoms with Gasteiger partial charge in [0.05, 0.1) is 11.3 Å². The molecule has 1 amide bonds. The van der Waals surface area contributed by atoms with Gasteiger partial charge in [-0.05, 0) is 48.9 Å². The number of nitrogen functional groups attached to an aromatic ring is 1. The van der Waals surface area contributed by atoms with E-state index in [-0.39, 0.29) is 11.4 Å². The molecule has 0 bridgehead atoms. The van der Waals surface area contributed by atoms with Gasteiger partial charge in [0.15, 0.2) is 0 Å². The van der Waals surface area contributed by atoms with Crippen molar-refractivity contribution in [2.45, 2.75) is 6.92 Å². The smallest absolute Gasteiger partial charge is 0.250 e. The van der Waals surface area contributed by atoms with Crippen molar-refractivity contribution in [1.82, 2.24) is 0 Å². The molecule has 0 fully saturated rings. The zero-order chi connectivity index (χ0) is 14.0. The van der Waals surface area contributed by atoms with Crippen molar-refractivity contribution in [3.63, 3.8) is 0 Å². The highest BCUT2D eigenvalue weighted by molar-refractivity contribution is 6.00. The van der Waals surface area contributed by atoms with Crippen LogP contribution in [0.2, 0.25) is 0 Å². The number of amides is 1. The maximum Gasteiger partial charge on any atom is 0.250 e. The third kappa shape index (κ3) is 3.01. The lowest BCUT2D eigenvalue weighted by Gasteiger charge is -2.11. The third-order valence-corrected chi connectivity index (χ3v) is 2.63. The van der Waals surface area contributed by atoms with Crippen LogP contribution in [0.4, 0.5) is 21.5 Å². The predicted octanol–water partition coefficient (Wildman–Crippen LogP) is 2.56. The minimum atomic E-state index is -0.595. The van der Waals surface area contributed by atoms with Crippen LogP contribution in [0.1, 0.15) is 15.9 Å². The molecule has 98 valence electrons. The molecule has 0 unspecified atom stereocenters. The molecule has 0 aliphatic heterocycles. The Morgan fingerprint density at radius 3 is 2.58 bits per heavy atom. The number of halogens is 1. The maximum atomic E-state index is 13.3. The molecule has 0 atom stereocenters. The predicted molar refractivity (Wildman–Crippen MR) is 73.8 cm³/mol. The zero-order valence-corrected chi connectivity index (χ0v) is 10.4. The summed E-state index contributed by atoms with van der Waals surface area (Å²) in [7, 11) is 0. The second-order valence-electron chi connectivity index (χ2n) is 4.31. The minimum Gasteiger partial charge on any atom is -0.399 e. The van der Waals surface area contributed by atoms with Crippen molar-refractivity contribution < 1.29 is 9.18 Å². The summed E-state index contributed by atoms with van der Waals surface area (Å²) in [4.78, 5) is 11.4. The van der Waals surface area contributed by atoms with E-state index >= 15 is 0 Å². The third-order valence-electron chi connectivity index (χ3n) is 2.63. The van der Waals surface area contributed by atoms with E-state index < -0.39 is 5.91 Å². The molecule has 2 rings (SSSR count). The molecule has 0 radical (unpaired) electrons. The Hall–Kier alpha value is -2.56. The van der Waals surface area contributed by atoms with Gasteiger partial charge in [0.25, 0.3) is 5.91 Å². The van der Waals surface area contributed by atoms with Crippen LogP contribution in [0, 0.1) is 12.7 Å². The van der Waals surface area contributed by atoms with E-state index in [1.165, 1.54) is 18.2 Å². The summed E-state index contributed by atoms with van der Waals surface area (Å²) < 4.78 is 13.3. The van der Waals surface area contributed by atoms with Crippen LogP contribution in [0.15, 0.2) is 36.4 Å². The first-order valence-electron chi connectivity index (χ1n) is 5.69. The van der Waals surface area contributed by atoms with Gasteiger partial charge >= 0.3 is 0 Å². The summed E-state index contributed by atoms with van der Waals surface area (Å²) in [5.41, 5.74) is 13.4. The van der Waals surface area contributed by atoms with Gasteiger partial charge < -0.3 is 16.8 Å². The van der Waals surface area contributed by atoms with Crippen molar-refractivity contribution in [3.8, 4) is 0 Å². The number of aryl methyl sites for hydroxylation is 1. The van der Waals surface area contributed by atoms with Gasteiger partial charge in [0.1, 0.15) is 5.82 Å². The summed E-state index contributed by atoms with van der Waals surface area (Å²) in [6, 6.07) is 9.29. The average molecular weight is 259 g/mol. The summed E-state index contributed by atoms with van der Waals surface area (Å²) in [5, 5.41) is 2.97. The molecule has 5 N–H and O–H groups in total. The van der Waals surface area contributed by atoms with Gasteiger partial charge in [0.2, 0.25) is 0 Å². The van der Waals surface area contributed by atoms with Gasteiger partial charge in [-0.3, -0.25) is 4.79 Å². The molecule has 0 saturated carbocycles. The van der Waals surface area contributed by atoms with E-state index in [1.807, 2.05) is 0 Å². The summed E-state index contributed by atoms with van der Waals surface area (Å²) in [5.74, 6) is -0.943. The Morgan fingerprint density at radius 1 is 1.21 bits per heavy atom. The number of rotatable bonds is 3. The lowest BCUT2D eigenvalue weighted by molar-refractivity contribution is 0.100. The number of hydrogen-bond acceptors (Lipinski definition) is 3. The molecule has 2 aromatic carbocycles. The number of anilines is 3. The van der Waals surface area contributed by atoms with Crippen molar-refractivity contribution in [2.75, 3.05) is 11.1 Å². The molecular weight excluding hydrogens is 245 g/mol. The van der Waals surface area contributed by atoms with Crippen molar-refractivity contribution >= 4 is 23.0 Å². The van der Waals surface area contributed by atoms with Crippen LogP contribution in [-0.4, -0.2) is 5.91 Å². The van der Waals surface area contributed by atoms with Crippen LogP contribution in [0.3, 0.4) is 0 Å². The second-order valence-corrected chi connectivity index (χ2v) is 4.31. The van der Waals surface area contributed by atoms with E-state index in [1.54, 1.807) is 25.1 Å². The Morgan fingerprint density at radius 2 is 1.95 bits per heavy atom. The van der Waals surface area contributed by atoms with Crippen molar-refractivity contribution in [1.29, 1.82) is 0 Å². The van der Waals surface area contributed by atoms with Crippen molar-refractivity contribution in [3.05, 3.63) is 53.3 Å². The highest BCUT2D eigenvalue weighted by atomic mass is 19.1. The number of benzene rings is 2. The molecule has 5 heteroatoms. The van der Waals surface area contributed by atoms with Crippen LogP contribution in [0.25, 0.3) is 0 Å². The molecule has 0 aromatic heterocycles. The Labute approximate surface area is 110 Å². The minimum absolute atomic E-state index is 0.266. The van der Waals surface area contributed by atoms with Gasteiger partial charge in [-0.2, -0.15) is 0 Å². The topological polar surface area (TPSA) is 81.1 Å². The van der Waals surface area contributed by atoms with E-state index in [2.05, 4.69) is 5.32 Å². The second kappa shape index (κ2) is 4.97. The van der Waals surface area contributed by atoms with E-state index in [0.29, 0.717) is 17.1 Å². The molecule has 0 spiro atoms. The molecule has 0 aliphatic rings. The van der Waals surface area contributed by atoms with Crippen LogP contribution in [-0.2, 0) is 0 Å². The molecule has 2 aromatic rings. The number of primary amides is 1. The molecule has 0 heterocycles. The van der Waals surface area contributed by atoms with E-state index in [9.17, 15) is 9.18 Å². The van der Waals surface area contributed by atoms with Gasteiger partial charge in [-0.25, -0.2) is 4.39 Å². The highest BCUT2D eigenvalue weighted by Crippen LogP contribution is 2.24.